The fraction of sp³-hybridized carbons (Fsp3) is 0.217. The van der Waals surface area contributed by atoms with Gasteiger partial charge in [0.2, 0.25) is 5.88 Å². The zero-order valence-corrected chi connectivity index (χ0v) is 17.3. The minimum Gasteiger partial charge on any atom is -0.494 e. The molecule has 3 aromatic rings. The van der Waals surface area contributed by atoms with Crippen LogP contribution in [0.25, 0.3) is 0 Å². The third-order valence-corrected chi connectivity index (χ3v) is 4.55. The quantitative estimate of drug-likeness (QED) is 0.393. The number of carbonyl (C=O) groups is 1. The van der Waals surface area contributed by atoms with Gasteiger partial charge in [-0.1, -0.05) is 19.1 Å². The van der Waals surface area contributed by atoms with Crippen LogP contribution in [0.15, 0.2) is 60.8 Å². The second-order valence-corrected chi connectivity index (χ2v) is 6.78. The Balaban J connectivity index is 1.69. The summed E-state index contributed by atoms with van der Waals surface area (Å²) in [5.74, 6) is 1.30. The van der Waals surface area contributed by atoms with Gasteiger partial charge < -0.3 is 14.8 Å². The van der Waals surface area contributed by atoms with Crippen molar-refractivity contribution in [2.45, 2.75) is 26.8 Å². The van der Waals surface area contributed by atoms with Crippen LogP contribution in [0.1, 0.15) is 34.8 Å². The Hall–Kier alpha value is -3.94. The largest absolute Gasteiger partial charge is 0.494 e. The fourth-order valence-electron chi connectivity index (χ4n) is 2.92. The molecule has 1 amide bonds. The molecule has 0 spiro atoms. The third-order valence-electron chi connectivity index (χ3n) is 4.55. The average molecular weight is 421 g/mol. The lowest BCUT2D eigenvalue weighted by Gasteiger charge is -2.12. The van der Waals surface area contributed by atoms with E-state index in [9.17, 15) is 14.9 Å². The minimum atomic E-state index is -0.502. The Bertz CT molecular complexity index is 1070. The van der Waals surface area contributed by atoms with Crippen molar-refractivity contribution in [2.24, 2.45) is 0 Å². The predicted octanol–water partition coefficient (Wildman–Crippen LogP) is 4.81. The van der Waals surface area contributed by atoms with Gasteiger partial charge in [0.05, 0.1) is 11.5 Å². The highest BCUT2D eigenvalue weighted by atomic mass is 16.6. The summed E-state index contributed by atoms with van der Waals surface area (Å²) in [6.07, 6.45) is 2.53. The third kappa shape index (κ3) is 5.57. The van der Waals surface area contributed by atoms with Gasteiger partial charge in [-0.15, -0.1) is 0 Å². The highest BCUT2D eigenvalue weighted by Gasteiger charge is 2.18. The summed E-state index contributed by atoms with van der Waals surface area (Å²) in [6.45, 7) is 4.40. The molecule has 2 aromatic carbocycles. The second-order valence-electron chi connectivity index (χ2n) is 6.78. The molecule has 8 nitrogen and oxygen atoms in total. The molecule has 0 saturated heterocycles. The molecule has 0 radical (unpaired) electrons. The fourth-order valence-corrected chi connectivity index (χ4v) is 2.92. The smallest absolute Gasteiger partial charge is 0.273 e. The van der Waals surface area contributed by atoms with Crippen LogP contribution < -0.4 is 14.8 Å². The van der Waals surface area contributed by atoms with E-state index in [1.165, 1.54) is 12.1 Å². The number of nitro groups is 1. The van der Waals surface area contributed by atoms with E-state index in [-0.39, 0.29) is 17.8 Å². The summed E-state index contributed by atoms with van der Waals surface area (Å²) in [6, 6.07) is 15.2. The van der Waals surface area contributed by atoms with Gasteiger partial charge in [-0.05, 0) is 49.7 Å². The second kappa shape index (κ2) is 10.2. The van der Waals surface area contributed by atoms with E-state index in [1.54, 1.807) is 43.5 Å². The molecule has 1 N–H and O–H groups in total. The van der Waals surface area contributed by atoms with E-state index in [0.29, 0.717) is 29.4 Å². The number of benzene rings is 2. The molecule has 0 saturated carbocycles. The first kappa shape index (κ1) is 21.8. The highest BCUT2D eigenvalue weighted by Crippen LogP contribution is 2.25. The average Bonchev–Trinajstić information content (AvgIpc) is 2.77. The lowest BCUT2D eigenvalue weighted by molar-refractivity contribution is -0.385. The Morgan fingerprint density at radius 3 is 2.55 bits per heavy atom. The Labute approximate surface area is 180 Å². The minimum absolute atomic E-state index is 0.0931. The molecule has 1 aromatic heterocycles. The first-order valence-electron chi connectivity index (χ1n) is 9.86. The molecule has 0 atom stereocenters. The maximum atomic E-state index is 12.6. The van der Waals surface area contributed by atoms with Crippen molar-refractivity contribution in [3.63, 3.8) is 0 Å². The number of nitrogens with zero attached hydrogens (tertiary/aromatic N) is 2. The van der Waals surface area contributed by atoms with E-state index >= 15 is 0 Å². The number of aromatic nitrogens is 1. The van der Waals surface area contributed by atoms with Crippen molar-refractivity contribution < 1.29 is 19.2 Å². The normalized spacial score (nSPS) is 10.4. The molecule has 0 aliphatic carbocycles. The molecule has 0 unspecified atom stereocenters. The van der Waals surface area contributed by atoms with Gasteiger partial charge in [0, 0.05) is 35.5 Å². The number of amides is 1. The van der Waals surface area contributed by atoms with Gasteiger partial charge in [-0.2, -0.15) is 0 Å². The lowest BCUT2D eigenvalue weighted by atomic mass is 10.1. The summed E-state index contributed by atoms with van der Waals surface area (Å²) >= 11 is 0. The van der Waals surface area contributed by atoms with Crippen molar-refractivity contribution in [3.05, 3.63) is 87.6 Å². The Morgan fingerprint density at radius 1 is 1.10 bits per heavy atom. The van der Waals surface area contributed by atoms with Crippen LogP contribution in [0.3, 0.4) is 0 Å². The maximum absolute atomic E-state index is 12.6. The van der Waals surface area contributed by atoms with Crippen LogP contribution in [0.4, 0.5) is 5.69 Å². The standard InChI is InChI=1S/C23H23N3O5/c1-3-14-30-18-9-11-19(12-10-18)31-23-17(6-5-13-24-23)15-25-22(27)20-7-4-8-21(16(20)2)26(28)29/h4-13H,3,14-15H2,1-2H3,(H,25,27). The Morgan fingerprint density at radius 2 is 1.84 bits per heavy atom. The zero-order valence-electron chi connectivity index (χ0n) is 17.3. The van der Waals surface area contributed by atoms with Gasteiger partial charge >= 0.3 is 0 Å². The van der Waals surface area contributed by atoms with Crippen LogP contribution in [-0.2, 0) is 6.54 Å². The monoisotopic (exact) mass is 421 g/mol. The number of hydrogen-bond donors (Lipinski definition) is 1. The van der Waals surface area contributed by atoms with E-state index in [1.807, 2.05) is 19.1 Å². The van der Waals surface area contributed by atoms with E-state index < -0.39 is 10.8 Å². The topological polar surface area (TPSA) is 104 Å². The Kier molecular flexibility index (Phi) is 7.16. The van der Waals surface area contributed by atoms with Crippen LogP contribution in [-0.4, -0.2) is 22.4 Å². The molecule has 3 rings (SSSR count). The van der Waals surface area contributed by atoms with E-state index in [2.05, 4.69) is 10.3 Å². The summed E-state index contributed by atoms with van der Waals surface area (Å²) in [5.41, 5.74) is 1.15. The number of nitrogens with one attached hydrogen (secondary N) is 1. The first-order chi connectivity index (χ1) is 15.0. The number of ether oxygens (including phenoxy) is 2. The molecule has 0 aliphatic heterocycles. The molecule has 0 aliphatic rings. The van der Waals surface area contributed by atoms with Gasteiger partial charge in [-0.3, -0.25) is 14.9 Å². The summed E-state index contributed by atoms with van der Waals surface area (Å²) < 4.78 is 11.4. The first-order valence-corrected chi connectivity index (χ1v) is 9.86. The SMILES string of the molecule is CCCOc1ccc(Oc2ncccc2CNC(=O)c2cccc([N+](=O)[O-])c2C)cc1. The van der Waals surface area contributed by atoms with Gasteiger partial charge in [0.15, 0.2) is 0 Å². The molecule has 0 fully saturated rings. The predicted molar refractivity (Wildman–Crippen MR) is 116 cm³/mol. The van der Waals surface area contributed by atoms with Crippen LogP contribution in [0, 0.1) is 17.0 Å². The van der Waals surface area contributed by atoms with Crippen molar-refractivity contribution >= 4 is 11.6 Å². The number of hydrogen-bond acceptors (Lipinski definition) is 6. The number of rotatable bonds is 9. The van der Waals surface area contributed by atoms with Crippen molar-refractivity contribution in [1.82, 2.24) is 10.3 Å². The number of nitro benzene ring substituents is 1. The molecular formula is C23H23N3O5. The van der Waals surface area contributed by atoms with E-state index in [4.69, 9.17) is 9.47 Å². The van der Waals surface area contributed by atoms with Gasteiger partial charge in [-0.25, -0.2) is 4.98 Å². The number of carbonyl (C=O) groups excluding carboxylic acids is 1. The maximum Gasteiger partial charge on any atom is 0.273 e. The highest BCUT2D eigenvalue weighted by molar-refractivity contribution is 5.96. The molecule has 1 heterocycles. The molecular weight excluding hydrogens is 398 g/mol. The molecule has 8 heteroatoms. The molecule has 31 heavy (non-hydrogen) atoms. The molecule has 0 bridgehead atoms. The van der Waals surface area contributed by atoms with Crippen molar-refractivity contribution in [3.8, 4) is 17.4 Å². The van der Waals surface area contributed by atoms with Crippen LogP contribution >= 0.6 is 0 Å². The van der Waals surface area contributed by atoms with E-state index in [0.717, 1.165) is 12.2 Å². The molecule has 160 valence electrons. The van der Waals surface area contributed by atoms with Crippen molar-refractivity contribution in [1.29, 1.82) is 0 Å². The van der Waals surface area contributed by atoms with Crippen LogP contribution in [0.5, 0.6) is 17.4 Å². The summed E-state index contributed by atoms with van der Waals surface area (Å²) in [5, 5.41) is 13.9. The summed E-state index contributed by atoms with van der Waals surface area (Å²) in [4.78, 5) is 27.5. The van der Waals surface area contributed by atoms with Crippen molar-refractivity contribution in [2.75, 3.05) is 6.61 Å². The summed E-state index contributed by atoms with van der Waals surface area (Å²) in [7, 11) is 0. The lowest BCUT2D eigenvalue weighted by Crippen LogP contribution is -2.24. The zero-order chi connectivity index (χ0) is 22.2. The van der Waals surface area contributed by atoms with Crippen LogP contribution in [0.2, 0.25) is 0 Å². The van der Waals surface area contributed by atoms with Gasteiger partial charge in [0.1, 0.15) is 11.5 Å². The number of pyridine rings is 1. The van der Waals surface area contributed by atoms with Gasteiger partial charge in [0.25, 0.3) is 11.6 Å².